The van der Waals surface area contributed by atoms with Gasteiger partial charge in [-0.25, -0.2) is 4.39 Å². The summed E-state index contributed by atoms with van der Waals surface area (Å²) in [5, 5.41) is 0. The van der Waals surface area contributed by atoms with Crippen molar-refractivity contribution in [1.82, 2.24) is 0 Å². The van der Waals surface area contributed by atoms with Gasteiger partial charge in [-0.1, -0.05) is 12.1 Å². The van der Waals surface area contributed by atoms with Gasteiger partial charge in [0.1, 0.15) is 6.10 Å². The van der Waals surface area contributed by atoms with E-state index >= 15 is 0 Å². The predicted octanol–water partition coefficient (Wildman–Crippen LogP) is 2.08. The van der Waals surface area contributed by atoms with Crippen LogP contribution in [0, 0.1) is 5.82 Å². The van der Waals surface area contributed by atoms with Gasteiger partial charge < -0.3 is 9.47 Å². The third-order valence-corrected chi connectivity index (χ3v) is 3.80. The van der Waals surface area contributed by atoms with E-state index in [4.69, 9.17) is 9.47 Å². The molecule has 1 fully saturated rings. The van der Waals surface area contributed by atoms with Crippen molar-refractivity contribution >= 4 is 17.5 Å². The highest BCUT2D eigenvalue weighted by Gasteiger charge is 2.23. The van der Waals surface area contributed by atoms with E-state index in [1.54, 1.807) is 23.9 Å². The SMILES string of the molecule is COc1cccc(CC(=O)C2CSCCO2)c1F. The number of carbonyl (C=O) groups excluding carboxylic acids is 1. The summed E-state index contributed by atoms with van der Waals surface area (Å²) in [7, 11) is 1.41. The van der Waals surface area contributed by atoms with Gasteiger partial charge in [-0.05, 0) is 11.6 Å². The summed E-state index contributed by atoms with van der Waals surface area (Å²) in [5.74, 6) is 1.20. The molecule has 0 amide bonds. The number of Topliss-reactive ketones (excluding diaryl/α,β-unsaturated/α-hetero) is 1. The molecule has 1 aliphatic heterocycles. The number of hydrogen-bond acceptors (Lipinski definition) is 4. The van der Waals surface area contributed by atoms with Crippen LogP contribution in [0.15, 0.2) is 18.2 Å². The van der Waals surface area contributed by atoms with Gasteiger partial charge in [0.15, 0.2) is 17.3 Å². The van der Waals surface area contributed by atoms with Crippen molar-refractivity contribution in [2.24, 2.45) is 0 Å². The van der Waals surface area contributed by atoms with E-state index in [1.165, 1.54) is 13.2 Å². The first-order valence-electron chi connectivity index (χ1n) is 5.76. The van der Waals surface area contributed by atoms with Crippen molar-refractivity contribution in [1.29, 1.82) is 0 Å². The Balaban J connectivity index is 2.06. The zero-order valence-corrected chi connectivity index (χ0v) is 11.0. The number of ether oxygens (including phenoxy) is 2. The molecule has 5 heteroatoms. The Morgan fingerprint density at radius 2 is 2.44 bits per heavy atom. The summed E-state index contributed by atoms with van der Waals surface area (Å²) < 4.78 is 24.2. The first-order chi connectivity index (χ1) is 8.72. The fourth-order valence-corrected chi connectivity index (χ4v) is 2.70. The first kappa shape index (κ1) is 13.4. The summed E-state index contributed by atoms with van der Waals surface area (Å²) in [5.41, 5.74) is 0.360. The Bertz CT molecular complexity index is 430. The van der Waals surface area contributed by atoms with Gasteiger partial charge in [0.2, 0.25) is 0 Å². The van der Waals surface area contributed by atoms with Gasteiger partial charge >= 0.3 is 0 Å². The fraction of sp³-hybridized carbons (Fsp3) is 0.462. The highest BCUT2D eigenvalue weighted by molar-refractivity contribution is 7.99. The number of thioether (sulfide) groups is 1. The summed E-state index contributed by atoms with van der Waals surface area (Å²) in [4.78, 5) is 12.0. The van der Waals surface area contributed by atoms with E-state index in [0.29, 0.717) is 17.9 Å². The van der Waals surface area contributed by atoms with Gasteiger partial charge in [0, 0.05) is 17.9 Å². The van der Waals surface area contributed by atoms with Gasteiger partial charge in [0.05, 0.1) is 13.7 Å². The minimum Gasteiger partial charge on any atom is -0.494 e. The van der Waals surface area contributed by atoms with Crippen LogP contribution in [0.1, 0.15) is 5.56 Å². The van der Waals surface area contributed by atoms with Crippen molar-refractivity contribution in [2.75, 3.05) is 25.2 Å². The van der Waals surface area contributed by atoms with Crippen LogP contribution < -0.4 is 4.74 Å². The molecule has 0 saturated carbocycles. The molecule has 1 aromatic rings. The third kappa shape index (κ3) is 3.03. The van der Waals surface area contributed by atoms with E-state index in [1.807, 2.05) is 0 Å². The number of benzene rings is 1. The summed E-state index contributed by atoms with van der Waals surface area (Å²) in [6.07, 6.45) is -0.358. The maximum atomic E-state index is 13.9. The van der Waals surface area contributed by atoms with Crippen molar-refractivity contribution in [2.45, 2.75) is 12.5 Å². The topological polar surface area (TPSA) is 35.5 Å². The minimum atomic E-state index is -0.461. The number of hydrogen-bond donors (Lipinski definition) is 0. The van der Waals surface area contributed by atoms with Crippen molar-refractivity contribution < 1.29 is 18.7 Å². The maximum Gasteiger partial charge on any atom is 0.168 e. The third-order valence-electron chi connectivity index (χ3n) is 2.80. The molecule has 1 aromatic carbocycles. The Hall–Kier alpha value is -1.07. The molecule has 0 bridgehead atoms. The molecule has 0 N–H and O–H groups in total. The molecule has 18 heavy (non-hydrogen) atoms. The van der Waals surface area contributed by atoms with Gasteiger partial charge in [-0.15, -0.1) is 0 Å². The molecule has 1 saturated heterocycles. The van der Waals surface area contributed by atoms with Gasteiger partial charge in [-0.2, -0.15) is 11.8 Å². The quantitative estimate of drug-likeness (QED) is 0.839. The zero-order valence-electron chi connectivity index (χ0n) is 10.1. The molecule has 2 rings (SSSR count). The molecular weight excluding hydrogens is 255 g/mol. The lowest BCUT2D eigenvalue weighted by Gasteiger charge is -2.21. The molecule has 1 aliphatic rings. The van der Waals surface area contributed by atoms with Gasteiger partial charge in [0.25, 0.3) is 0 Å². The molecule has 0 spiro atoms. The van der Waals surface area contributed by atoms with E-state index in [9.17, 15) is 9.18 Å². The van der Waals surface area contributed by atoms with Crippen LogP contribution in [0.4, 0.5) is 4.39 Å². The normalized spacial score (nSPS) is 19.6. The highest BCUT2D eigenvalue weighted by atomic mass is 32.2. The fourth-order valence-electron chi connectivity index (χ4n) is 1.83. The molecule has 1 unspecified atom stereocenters. The predicted molar refractivity (Wildman–Crippen MR) is 68.7 cm³/mol. The van der Waals surface area contributed by atoms with E-state index in [0.717, 1.165) is 5.75 Å². The Morgan fingerprint density at radius 1 is 1.61 bits per heavy atom. The number of carbonyl (C=O) groups is 1. The van der Waals surface area contributed by atoms with Crippen LogP contribution in [0.2, 0.25) is 0 Å². The number of rotatable bonds is 4. The molecule has 3 nitrogen and oxygen atoms in total. The lowest BCUT2D eigenvalue weighted by atomic mass is 10.0. The first-order valence-corrected chi connectivity index (χ1v) is 6.91. The van der Waals surface area contributed by atoms with E-state index in [-0.39, 0.29) is 18.0 Å². The second-order valence-electron chi connectivity index (χ2n) is 4.01. The highest BCUT2D eigenvalue weighted by Crippen LogP contribution is 2.22. The van der Waals surface area contributed by atoms with Gasteiger partial charge in [-0.3, -0.25) is 4.79 Å². The summed E-state index contributed by atoms with van der Waals surface area (Å²) >= 11 is 1.69. The van der Waals surface area contributed by atoms with Crippen LogP contribution in [-0.4, -0.2) is 37.1 Å². The van der Waals surface area contributed by atoms with E-state index < -0.39 is 11.9 Å². The Morgan fingerprint density at radius 3 is 3.11 bits per heavy atom. The molecule has 98 valence electrons. The number of methoxy groups -OCH3 is 1. The Labute approximate surface area is 110 Å². The molecule has 1 heterocycles. The zero-order chi connectivity index (χ0) is 13.0. The average molecular weight is 270 g/mol. The van der Waals surface area contributed by atoms with E-state index in [2.05, 4.69) is 0 Å². The van der Waals surface area contributed by atoms with Crippen LogP contribution in [0.3, 0.4) is 0 Å². The number of halogens is 1. The molecule has 1 atom stereocenters. The smallest absolute Gasteiger partial charge is 0.168 e. The maximum absolute atomic E-state index is 13.9. The Kier molecular flexibility index (Phi) is 4.60. The van der Waals surface area contributed by atoms with Crippen LogP contribution in [-0.2, 0) is 16.0 Å². The lowest BCUT2D eigenvalue weighted by Crippen LogP contribution is -2.32. The van der Waals surface area contributed by atoms with Crippen LogP contribution in [0.5, 0.6) is 5.75 Å². The number of ketones is 1. The second-order valence-corrected chi connectivity index (χ2v) is 5.16. The lowest BCUT2D eigenvalue weighted by molar-refractivity contribution is -0.128. The molecule has 0 radical (unpaired) electrons. The monoisotopic (exact) mass is 270 g/mol. The van der Waals surface area contributed by atoms with Crippen LogP contribution in [0.25, 0.3) is 0 Å². The molecular formula is C13H15FO3S. The standard InChI is InChI=1S/C13H15FO3S/c1-16-11-4-2-3-9(13(11)14)7-10(15)12-8-18-6-5-17-12/h2-4,12H,5-8H2,1H3. The average Bonchev–Trinajstić information content (AvgIpc) is 2.42. The van der Waals surface area contributed by atoms with Crippen molar-refractivity contribution in [3.63, 3.8) is 0 Å². The molecule has 0 aromatic heterocycles. The minimum absolute atomic E-state index is 0.0499. The largest absolute Gasteiger partial charge is 0.494 e. The summed E-state index contributed by atoms with van der Waals surface area (Å²) in [6, 6.07) is 4.82. The summed E-state index contributed by atoms with van der Waals surface area (Å²) in [6.45, 7) is 0.585. The van der Waals surface area contributed by atoms with Crippen molar-refractivity contribution in [3.05, 3.63) is 29.6 Å². The van der Waals surface area contributed by atoms with Crippen LogP contribution >= 0.6 is 11.8 Å². The molecule has 0 aliphatic carbocycles. The second kappa shape index (κ2) is 6.20. The van der Waals surface area contributed by atoms with Crippen molar-refractivity contribution in [3.8, 4) is 5.75 Å².